The summed E-state index contributed by atoms with van der Waals surface area (Å²) in [6, 6.07) is 9.39. The number of amides is 1. The summed E-state index contributed by atoms with van der Waals surface area (Å²) in [5.74, 6) is 1.98. The van der Waals surface area contributed by atoms with Gasteiger partial charge in [-0.15, -0.1) is 0 Å². The zero-order chi connectivity index (χ0) is 21.6. The zero-order valence-corrected chi connectivity index (χ0v) is 18.3. The molecule has 0 saturated carbocycles. The minimum absolute atomic E-state index is 0.0806. The molecule has 1 aromatic carbocycles. The molecular weight excluding hydrogens is 384 g/mol. The lowest BCUT2D eigenvalue weighted by Gasteiger charge is -2.34. The fraction of sp³-hybridized carbons (Fsp3) is 0.545. The van der Waals surface area contributed by atoms with Crippen LogP contribution in [0.3, 0.4) is 0 Å². The van der Waals surface area contributed by atoms with Crippen LogP contribution in [-0.4, -0.2) is 73.8 Å². The number of carbonyl (C=O) groups is 1. The second-order valence-electron chi connectivity index (χ2n) is 8.52. The van der Waals surface area contributed by atoms with E-state index >= 15 is 0 Å². The van der Waals surface area contributed by atoms with Gasteiger partial charge >= 0.3 is 0 Å². The number of nitrogens with one attached hydrogen (secondary N) is 1. The van der Waals surface area contributed by atoms with Crippen molar-refractivity contribution >= 4 is 11.8 Å². The predicted molar refractivity (Wildman–Crippen MR) is 115 cm³/mol. The first-order chi connectivity index (χ1) is 14.3. The summed E-state index contributed by atoms with van der Waals surface area (Å²) >= 11 is 0. The van der Waals surface area contributed by atoms with Crippen molar-refractivity contribution in [1.29, 1.82) is 0 Å². The average Bonchev–Trinajstić information content (AvgIpc) is 3.19. The van der Waals surface area contributed by atoms with Gasteiger partial charge in [-0.1, -0.05) is 25.9 Å². The van der Waals surface area contributed by atoms with Crippen LogP contribution in [0.2, 0.25) is 0 Å². The molecule has 0 unspecified atom stereocenters. The van der Waals surface area contributed by atoms with E-state index in [-0.39, 0.29) is 11.3 Å². The van der Waals surface area contributed by atoms with Gasteiger partial charge in [0.25, 0.3) is 0 Å². The molecule has 1 N–H and O–H groups in total. The Kier molecular flexibility index (Phi) is 7.33. The van der Waals surface area contributed by atoms with Gasteiger partial charge in [-0.05, 0) is 24.3 Å². The summed E-state index contributed by atoms with van der Waals surface area (Å²) < 4.78 is 16.2. The third-order valence-corrected chi connectivity index (χ3v) is 5.11. The number of methoxy groups -OCH3 is 1. The standard InChI is InChI=1S/C22H32N4O4/c1-22(2,3)19-15-21(30-24-19)23-20(27)16-26-11-9-25(10-12-26)13-14-29-18-7-5-17(28-4)6-8-18/h5-8,15H,9-14,16H2,1-4H3,(H,23,27). The normalized spacial score (nSPS) is 15.7. The van der Waals surface area contributed by atoms with Crippen LogP contribution in [-0.2, 0) is 10.2 Å². The van der Waals surface area contributed by atoms with Crippen LogP contribution in [0.4, 0.5) is 5.88 Å². The Morgan fingerprint density at radius 2 is 1.73 bits per heavy atom. The molecule has 30 heavy (non-hydrogen) atoms. The van der Waals surface area contributed by atoms with Gasteiger partial charge in [0.15, 0.2) is 0 Å². The molecule has 2 aromatic rings. The summed E-state index contributed by atoms with van der Waals surface area (Å²) in [5.41, 5.74) is 0.711. The third-order valence-electron chi connectivity index (χ3n) is 5.11. The van der Waals surface area contributed by atoms with Crippen molar-refractivity contribution in [2.45, 2.75) is 26.2 Å². The van der Waals surface area contributed by atoms with Gasteiger partial charge in [0, 0.05) is 44.2 Å². The maximum absolute atomic E-state index is 12.3. The number of hydrogen-bond acceptors (Lipinski definition) is 7. The fourth-order valence-corrected chi connectivity index (χ4v) is 3.20. The number of nitrogens with zero attached hydrogens (tertiary/aromatic N) is 3. The Morgan fingerprint density at radius 3 is 2.33 bits per heavy atom. The monoisotopic (exact) mass is 416 g/mol. The Balaban J connectivity index is 1.33. The molecule has 8 nitrogen and oxygen atoms in total. The van der Waals surface area contributed by atoms with E-state index < -0.39 is 0 Å². The molecule has 2 heterocycles. The van der Waals surface area contributed by atoms with E-state index in [9.17, 15) is 4.79 Å². The SMILES string of the molecule is COc1ccc(OCCN2CCN(CC(=O)Nc3cc(C(C)(C)C)no3)CC2)cc1. The molecule has 1 fully saturated rings. The molecule has 0 bridgehead atoms. The summed E-state index contributed by atoms with van der Waals surface area (Å²) in [5, 5.41) is 6.83. The number of carbonyl (C=O) groups excluding carboxylic acids is 1. The van der Waals surface area contributed by atoms with E-state index in [1.807, 2.05) is 24.3 Å². The Labute approximate surface area is 178 Å². The van der Waals surface area contributed by atoms with E-state index in [1.165, 1.54) is 0 Å². The van der Waals surface area contributed by atoms with Crippen molar-refractivity contribution < 1.29 is 18.8 Å². The quantitative estimate of drug-likeness (QED) is 0.708. The van der Waals surface area contributed by atoms with Crippen molar-refractivity contribution in [3.63, 3.8) is 0 Å². The minimum atomic E-state index is -0.111. The van der Waals surface area contributed by atoms with Crippen LogP contribution >= 0.6 is 0 Å². The van der Waals surface area contributed by atoms with Gasteiger partial charge in [0.2, 0.25) is 11.8 Å². The van der Waals surface area contributed by atoms with Crippen LogP contribution in [0.15, 0.2) is 34.9 Å². The number of piperazine rings is 1. The molecular formula is C22H32N4O4. The lowest BCUT2D eigenvalue weighted by molar-refractivity contribution is -0.117. The first-order valence-corrected chi connectivity index (χ1v) is 10.3. The van der Waals surface area contributed by atoms with E-state index in [4.69, 9.17) is 14.0 Å². The van der Waals surface area contributed by atoms with Gasteiger partial charge in [-0.3, -0.25) is 19.9 Å². The van der Waals surface area contributed by atoms with Crippen molar-refractivity contribution in [2.75, 3.05) is 58.3 Å². The number of rotatable bonds is 8. The van der Waals surface area contributed by atoms with Gasteiger partial charge < -0.3 is 14.0 Å². The molecule has 0 atom stereocenters. The highest BCUT2D eigenvalue weighted by atomic mass is 16.5. The van der Waals surface area contributed by atoms with Gasteiger partial charge in [-0.2, -0.15) is 0 Å². The van der Waals surface area contributed by atoms with Gasteiger partial charge in [-0.25, -0.2) is 0 Å². The highest BCUT2D eigenvalue weighted by Gasteiger charge is 2.22. The second kappa shape index (κ2) is 9.95. The number of ether oxygens (including phenoxy) is 2. The highest BCUT2D eigenvalue weighted by molar-refractivity contribution is 5.91. The predicted octanol–water partition coefficient (Wildman–Crippen LogP) is 2.62. The minimum Gasteiger partial charge on any atom is -0.497 e. The molecule has 1 amide bonds. The van der Waals surface area contributed by atoms with Crippen LogP contribution in [0.1, 0.15) is 26.5 Å². The van der Waals surface area contributed by atoms with E-state index in [0.29, 0.717) is 19.0 Å². The average molecular weight is 417 g/mol. The van der Waals surface area contributed by atoms with Crippen LogP contribution in [0, 0.1) is 0 Å². The third kappa shape index (κ3) is 6.47. The molecule has 0 spiro atoms. The van der Waals surface area contributed by atoms with Crippen molar-refractivity contribution in [2.24, 2.45) is 0 Å². The fourth-order valence-electron chi connectivity index (χ4n) is 3.20. The number of hydrogen-bond donors (Lipinski definition) is 1. The molecule has 0 aliphatic carbocycles. The van der Waals surface area contributed by atoms with Crippen molar-refractivity contribution in [3.8, 4) is 11.5 Å². The van der Waals surface area contributed by atoms with Crippen LogP contribution < -0.4 is 14.8 Å². The molecule has 164 valence electrons. The molecule has 0 radical (unpaired) electrons. The van der Waals surface area contributed by atoms with Crippen molar-refractivity contribution in [1.82, 2.24) is 15.0 Å². The summed E-state index contributed by atoms with van der Waals surface area (Å²) in [6.07, 6.45) is 0. The maximum atomic E-state index is 12.3. The van der Waals surface area contributed by atoms with Crippen LogP contribution in [0.25, 0.3) is 0 Å². The highest BCUT2D eigenvalue weighted by Crippen LogP contribution is 2.23. The molecule has 1 aliphatic rings. The topological polar surface area (TPSA) is 80.1 Å². The first-order valence-electron chi connectivity index (χ1n) is 10.3. The molecule has 1 aliphatic heterocycles. The van der Waals surface area contributed by atoms with E-state index in [1.54, 1.807) is 13.2 Å². The van der Waals surface area contributed by atoms with Crippen LogP contribution in [0.5, 0.6) is 11.5 Å². The Hall–Kier alpha value is -2.58. The first kappa shape index (κ1) is 22.1. The maximum Gasteiger partial charge on any atom is 0.240 e. The molecule has 1 aromatic heterocycles. The van der Waals surface area contributed by atoms with E-state index in [0.717, 1.165) is 49.9 Å². The lowest BCUT2D eigenvalue weighted by atomic mass is 9.92. The lowest BCUT2D eigenvalue weighted by Crippen LogP contribution is -2.49. The summed E-state index contributed by atoms with van der Waals surface area (Å²) in [4.78, 5) is 16.8. The Morgan fingerprint density at radius 1 is 1.10 bits per heavy atom. The number of benzene rings is 1. The second-order valence-corrected chi connectivity index (χ2v) is 8.52. The van der Waals surface area contributed by atoms with E-state index in [2.05, 4.69) is 41.0 Å². The van der Waals surface area contributed by atoms with Gasteiger partial charge in [0.1, 0.15) is 18.1 Å². The molecule has 1 saturated heterocycles. The number of anilines is 1. The largest absolute Gasteiger partial charge is 0.497 e. The summed E-state index contributed by atoms with van der Waals surface area (Å²) in [7, 11) is 1.65. The van der Waals surface area contributed by atoms with Gasteiger partial charge in [0.05, 0.1) is 19.3 Å². The smallest absolute Gasteiger partial charge is 0.240 e. The molecule has 8 heteroatoms. The molecule has 3 rings (SSSR count). The zero-order valence-electron chi connectivity index (χ0n) is 18.3. The Bertz CT molecular complexity index is 805. The summed E-state index contributed by atoms with van der Waals surface area (Å²) in [6.45, 7) is 11.5. The van der Waals surface area contributed by atoms with Crippen molar-refractivity contribution in [3.05, 3.63) is 36.0 Å². The number of aromatic nitrogens is 1.